The standard InChI is InChI=1S/C22H22BrN3O2/c23-20-10-4-1-7-17(20)13-16-24-14-5-6-15-25(24)21-11-12-22(26(27)28)19-9-3-2-8-18(19)21/h1-4,7-12H,5-6,13-16H2. The molecule has 4 rings (SSSR count). The molecular formula is C22H22BrN3O2. The summed E-state index contributed by atoms with van der Waals surface area (Å²) in [4.78, 5) is 11.1. The van der Waals surface area contributed by atoms with Crippen LogP contribution in [0.4, 0.5) is 11.4 Å². The number of hydrogen-bond donors (Lipinski definition) is 0. The van der Waals surface area contributed by atoms with Crippen molar-refractivity contribution < 1.29 is 4.92 Å². The van der Waals surface area contributed by atoms with E-state index in [1.165, 1.54) is 5.56 Å². The van der Waals surface area contributed by atoms with E-state index in [2.05, 4.69) is 44.1 Å². The minimum atomic E-state index is -0.299. The molecule has 0 atom stereocenters. The second-order valence-corrected chi connectivity index (χ2v) is 7.89. The molecule has 1 heterocycles. The van der Waals surface area contributed by atoms with Crippen molar-refractivity contribution in [2.24, 2.45) is 0 Å². The SMILES string of the molecule is O=[N+]([O-])c1ccc(N2CCCCN2CCc2ccccc2Br)c2ccccc12. The van der Waals surface area contributed by atoms with Gasteiger partial charge in [-0.2, -0.15) is 0 Å². The van der Waals surface area contributed by atoms with Crippen molar-refractivity contribution in [3.05, 3.63) is 80.8 Å². The van der Waals surface area contributed by atoms with E-state index in [1.807, 2.05) is 36.4 Å². The largest absolute Gasteiger partial charge is 0.305 e. The smallest absolute Gasteiger partial charge is 0.277 e. The summed E-state index contributed by atoms with van der Waals surface area (Å²) in [5.41, 5.74) is 2.51. The average molecular weight is 440 g/mol. The summed E-state index contributed by atoms with van der Waals surface area (Å²) in [5.74, 6) is 0. The third-order valence-electron chi connectivity index (χ3n) is 5.33. The number of nitrogens with zero attached hydrogens (tertiary/aromatic N) is 3. The molecule has 144 valence electrons. The van der Waals surface area contributed by atoms with Gasteiger partial charge in [-0.05, 0) is 43.0 Å². The number of nitro benzene ring substituents is 1. The minimum absolute atomic E-state index is 0.163. The van der Waals surface area contributed by atoms with Gasteiger partial charge in [-0.15, -0.1) is 0 Å². The Kier molecular flexibility index (Phi) is 5.59. The van der Waals surface area contributed by atoms with E-state index >= 15 is 0 Å². The van der Waals surface area contributed by atoms with Gasteiger partial charge in [0.2, 0.25) is 0 Å². The van der Waals surface area contributed by atoms with Gasteiger partial charge in [0.15, 0.2) is 0 Å². The molecule has 0 spiro atoms. The summed E-state index contributed by atoms with van der Waals surface area (Å²) in [6.07, 6.45) is 3.23. The molecule has 3 aromatic rings. The van der Waals surface area contributed by atoms with E-state index in [9.17, 15) is 10.1 Å². The highest BCUT2D eigenvalue weighted by molar-refractivity contribution is 9.10. The molecule has 1 aliphatic heterocycles. The molecule has 6 heteroatoms. The van der Waals surface area contributed by atoms with E-state index in [4.69, 9.17) is 0 Å². The zero-order valence-electron chi connectivity index (χ0n) is 15.6. The Hall–Kier alpha value is -2.44. The van der Waals surface area contributed by atoms with Crippen molar-refractivity contribution in [3.63, 3.8) is 0 Å². The van der Waals surface area contributed by atoms with Crippen LogP contribution in [0.3, 0.4) is 0 Å². The maximum Gasteiger partial charge on any atom is 0.277 e. The van der Waals surface area contributed by atoms with Gasteiger partial charge in [0.1, 0.15) is 0 Å². The third-order valence-corrected chi connectivity index (χ3v) is 6.10. The van der Waals surface area contributed by atoms with Crippen LogP contribution in [0.1, 0.15) is 18.4 Å². The number of fused-ring (bicyclic) bond motifs is 1. The summed E-state index contributed by atoms with van der Waals surface area (Å²) in [7, 11) is 0. The molecule has 1 saturated heterocycles. The minimum Gasteiger partial charge on any atom is -0.305 e. The first-order valence-electron chi connectivity index (χ1n) is 9.57. The van der Waals surface area contributed by atoms with Gasteiger partial charge in [-0.3, -0.25) is 10.1 Å². The number of hydrogen-bond acceptors (Lipinski definition) is 4. The van der Waals surface area contributed by atoms with E-state index < -0.39 is 0 Å². The van der Waals surface area contributed by atoms with Gasteiger partial charge in [0.25, 0.3) is 5.69 Å². The highest BCUT2D eigenvalue weighted by Crippen LogP contribution is 2.35. The predicted octanol–water partition coefficient (Wildman–Crippen LogP) is 5.57. The molecule has 0 saturated carbocycles. The van der Waals surface area contributed by atoms with E-state index in [0.717, 1.165) is 54.4 Å². The van der Waals surface area contributed by atoms with Crippen molar-refractivity contribution in [1.29, 1.82) is 0 Å². The molecule has 1 fully saturated rings. The molecule has 0 unspecified atom stereocenters. The first-order chi connectivity index (χ1) is 13.6. The molecule has 1 aliphatic rings. The summed E-state index contributed by atoms with van der Waals surface area (Å²) in [6.45, 7) is 2.83. The van der Waals surface area contributed by atoms with Crippen LogP contribution < -0.4 is 5.01 Å². The molecule has 5 nitrogen and oxygen atoms in total. The van der Waals surface area contributed by atoms with Crippen molar-refractivity contribution in [2.45, 2.75) is 19.3 Å². The summed E-state index contributed by atoms with van der Waals surface area (Å²) >= 11 is 3.64. The fraction of sp³-hybridized carbons (Fsp3) is 0.273. The van der Waals surface area contributed by atoms with Crippen LogP contribution in [0.5, 0.6) is 0 Å². The first kappa shape index (κ1) is 18.9. The Balaban J connectivity index is 1.66. The Labute approximate surface area is 172 Å². The van der Waals surface area contributed by atoms with Gasteiger partial charge >= 0.3 is 0 Å². The van der Waals surface area contributed by atoms with Crippen LogP contribution in [0, 0.1) is 10.1 Å². The van der Waals surface area contributed by atoms with Crippen molar-refractivity contribution in [3.8, 4) is 0 Å². The highest BCUT2D eigenvalue weighted by Gasteiger charge is 2.24. The number of rotatable bonds is 5. The number of halogens is 1. The second kappa shape index (κ2) is 8.29. The number of hydrazine groups is 1. The fourth-order valence-corrected chi connectivity index (χ4v) is 4.41. The number of non-ortho nitro benzene ring substituents is 1. The monoisotopic (exact) mass is 439 g/mol. The normalized spacial score (nSPS) is 15.1. The number of nitro groups is 1. The van der Waals surface area contributed by atoms with Crippen molar-refractivity contribution in [1.82, 2.24) is 5.01 Å². The number of benzene rings is 3. The molecule has 0 aromatic heterocycles. The van der Waals surface area contributed by atoms with Crippen LogP contribution in [0.25, 0.3) is 10.8 Å². The van der Waals surface area contributed by atoms with Crippen molar-refractivity contribution in [2.75, 3.05) is 24.6 Å². The van der Waals surface area contributed by atoms with E-state index in [0.29, 0.717) is 5.39 Å². The van der Waals surface area contributed by atoms with Crippen LogP contribution in [0.15, 0.2) is 65.1 Å². The Bertz CT molecular complexity index is 1010. The van der Waals surface area contributed by atoms with E-state index in [1.54, 1.807) is 6.07 Å². The second-order valence-electron chi connectivity index (χ2n) is 7.03. The van der Waals surface area contributed by atoms with Crippen LogP contribution in [0.2, 0.25) is 0 Å². The lowest BCUT2D eigenvalue weighted by Crippen LogP contribution is -2.48. The molecule has 0 bridgehead atoms. The zero-order valence-corrected chi connectivity index (χ0v) is 17.1. The molecule has 0 radical (unpaired) electrons. The van der Waals surface area contributed by atoms with Gasteiger partial charge in [0.05, 0.1) is 16.0 Å². The summed E-state index contributed by atoms with van der Waals surface area (Å²) in [6, 6.07) is 19.5. The molecule has 0 aliphatic carbocycles. The third kappa shape index (κ3) is 3.75. The Morgan fingerprint density at radius 1 is 0.929 bits per heavy atom. The molecule has 0 N–H and O–H groups in total. The maximum atomic E-state index is 11.4. The summed E-state index contributed by atoms with van der Waals surface area (Å²) < 4.78 is 1.14. The summed E-state index contributed by atoms with van der Waals surface area (Å²) in [5, 5.41) is 17.8. The quantitative estimate of drug-likeness (QED) is 0.385. The van der Waals surface area contributed by atoms with Gasteiger partial charge in [-0.1, -0.05) is 52.3 Å². The topological polar surface area (TPSA) is 49.6 Å². The van der Waals surface area contributed by atoms with Gasteiger partial charge in [-0.25, -0.2) is 5.01 Å². The lowest BCUT2D eigenvalue weighted by atomic mass is 10.1. The molecule has 28 heavy (non-hydrogen) atoms. The average Bonchev–Trinajstić information content (AvgIpc) is 2.72. The van der Waals surface area contributed by atoms with E-state index in [-0.39, 0.29) is 10.6 Å². The predicted molar refractivity (Wildman–Crippen MR) is 117 cm³/mol. The maximum absolute atomic E-state index is 11.4. The van der Waals surface area contributed by atoms with Gasteiger partial charge in [0, 0.05) is 35.6 Å². The molecule has 3 aromatic carbocycles. The van der Waals surface area contributed by atoms with Crippen LogP contribution >= 0.6 is 15.9 Å². The first-order valence-corrected chi connectivity index (χ1v) is 10.4. The Morgan fingerprint density at radius 3 is 2.43 bits per heavy atom. The van der Waals surface area contributed by atoms with Crippen molar-refractivity contribution >= 4 is 38.1 Å². The molecule has 0 amide bonds. The van der Waals surface area contributed by atoms with Crippen LogP contribution in [-0.4, -0.2) is 29.6 Å². The van der Waals surface area contributed by atoms with Crippen LogP contribution in [-0.2, 0) is 6.42 Å². The highest BCUT2D eigenvalue weighted by atomic mass is 79.9. The lowest BCUT2D eigenvalue weighted by molar-refractivity contribution is -0.383. The lowest BCUT2D eigenvalue weighted by Gasteiger charge is -2.41. The number of anilines is 1. The fourth-order valence-electron chi connectivity index (χ4n) is 3.93. The Morgan fingerprint density at radius 2 is 1.64 bits per heavy atom. The zero-order chi connectivity index (χ0) is 19.5. The molecular weight excluding hydrogens is 418 g/mol. The van der Waals surface area contributed by atoms with Gasteiger partial charge < -0.3 is 5.01 Å².